The van der Waals surface area contributed by atoms with Gasteiger partial charge in [-0.25, -0.2) is 4.39 Å². The molecule has 0 aliphatic heterocycles. The molecular formula is C15H14BrClFNO. The van der Waals surface area contributed by atoms with E-state index in [0.29, 0.717) is 21.8 Å². The summed E-state index contributed by atoms with van der Waals surface area (Å²) in [6.45, 7) is 2.42. The Kier molecular flexibility index (Phi) is 4.89. The van der Waals surface area contributed by atoms with Gasteiger partial charge in [0.25, 0.3) is 0 Å². The Hall–Kier alpha value is -1.26. The highest BCUT2D eigenvalue weighted by Crippen LogP contribution is 2.31. The first-order chi connectivity index (χ1) is 9.51. The van der Waals surface area contributed by atoms with Crippen molar-refractivity contribution in [1.29, 1.82) is 0 Å². The van der Waals surface area contributed by atoms with Crippen LogP contribution in [0, 0.1) is 12.7 Å². The Labute approximate surface area is 131 Å². The molecule has 0 atom stereocenters. The van der Waals surface area contributed by atoms with Crippen molar-refractivity contribution >= 4 is 33.2 Å². The molecule has 2 aromatic carbocycles. The van der Waals surface area contributed by atoms with E-state index in [2.05, 4.69) is 21.2 Å². The minimum atomic E-state index is -0.274. The lowest BCUT2D eigenvalue weighted by molar-refractivity contribution is 0.416. The van der Waals surface area contributed by atoms with Crippen LogP contribution >= 0.6 is 27.5 Å². The molecule has 0 unspecified atom stereocenters. The second kappa shape index (κ2) is 6.46. The molecule has 0 spiro atoms. The largest absolute Gasteiger partial charge is 0.495 e. The predicted octanol–water partition coefficient (Wildman–Crippen LogP) is 5.17. The molecule has 0 aromatic heterocycles. The second-order valence-electron chi connectivity index (χ2n) is 4.40. The van der Waals surface area contributed by atoms with Crippen molar-refractivity contribution in [3.05, 3.63) is 56.8 Å². The number of rotatable bonds is 4. The zero-order valence-electron chi connectivity index (χ0n) is 11.1. The number of nitrogens with one attached hydrogen (secondary N) is 1. The number of halogens is 3. The first kappa shape index (κ1) is 15.1. The highest BCUT2D eigenvalue weighted by Gasteiger charge is 2.07. The van der Waals surface area contributed by atoms with Crippen LogP contribution in [0.3, 0.4) is 0 Å². The molecule has 2 aromatic rings. The lowest BCUT2D eigenvalue weighted by Gasteiger charge is -2.13. The van der Waals surface area contributed by atoms with E-state index < -0.39 is 0 Å². The van der Waals surface area contributed by atoms with Crippen LogP contribution < -0.4 is 10.1 Å². The molecule has 1 N–H and O–H groups in total. The van der Waals surface area contributed by atoms with Gasteiger partial charge in [0.15, 0.2) is 0 Å². The Balaban J connectivity index is 2.18. The lowest BCUT2D eigenvalue weighted by Crippen LogP contribution is -2.02. The first-order valence-corrected chi connectivity index (χ1v) is 7.20. The van der Waals surface area contributed by atoms with Gasteiger partial charge in [-0.05, 0) is 52.2 Å². The number of ether oxygens (including phenoxy) is 1. The van der Waals surface area contributed by atoms with Crippen molar-refractivity contribution in [3.8, 4) is 5.75 Å². The molecule has 0 aliphatic carbocycles. The van der Waals surface area contributed by atoms with Gasteiger partial charge in [0.2, 0.25) is 0 Å². The highest BCUT2D eigenvalue weighted by atomic mass is 79.9. The van der Waals surface area contributed by atoms with Crippen molar-refractivity contribution in [2.75, 3.05) is 12.4 Å². The van der Waals surface area contributed by atoms with Crippen LogP contribution in [0.2, 0.25) is 5.02 Å². The van der Waals surface area contributed by atoms with Gasteiger partial charge in [-0.1, -0.05) is 17.7 Å². The number of anilines is 1. The number of hydrogen-bond donors (Lipinski definition) is 1. The topological polar surface area (TPSA) is 21.3 Å². The molecule has 0 saturated carbocycles. The number of hydrogen-bond acceptors (Lipinski definition) is 2. The van der Waals surface area contributed by atoms with E-state index in [1.165, 1.54) is 6.07 Å². The smallest absolute Gasteiger partial charge is 0.143 e. The van der Waals surface area contributed by atoms with Crippen LogP contribution in [0.25, 0.3) is 0 Å². The van der Waals surface area contributed by atoms with E-state index >= 15 is 0 Å². The Morgan fingerprint density at radius 1 is 1.30 bits per heavy atom. The Morgan fingerprint density at radius 3 is 2.70 bits per heavy atom. The summed E-state index contributed by atoms with van der Waals surface area (Å²) < 4.78 is 19.2. The summed E-state index contributed by atoms with van der Waals surface area (Å²) in [5.74, 6) is 0.390. The van der Waals surface area contributed by atoms with Crippen LogP contribution in [0.4, 0.5) is 10.1 Å². The third kappa shape index (κ3) is 3.44. The summed E-state index contributed by atoms with van der Waals surface area (Å²) in [6, 6.07) is 8.72. The van der Waals surface area contributed by atoms with Gasteiger partial charge < -0.3 is 10.1 Å². The maximum Gasteiger partial charge on any atom is 0.143 e. The monoisotopic (exact) mass is 357 g/mol. The Bertz CT molecular complexity index is 634. The summed E-state index contributed by atoms with van der Waals surface area (Å²) >= 11 is 9.19. The summed E-state index contributed by atoms with van der Waals surface area (Å²) in [5, 5.41) is 3.88. The van der Waals surface area contributed by atoms with E-state index in [1.54, 1.807) is 19.2 Å². The summed E-state index contributed by atoms with van der Waals surface area (Å²) in [5.41, 5.74) is 2.63. The highest BCUT2D eigenvalue weighted by molar-refractivity contribution is 9.10. The fraction of sp³-hybridized carbons (Fsp3) is 0.200. The van der Waals surface area contributed by atoms with E-state index in [-0.39, 0.29) is 5.82 Å². The average Bonchev–Trinajstić information content (AvgIpc) is 2.43. The molecule has 0 fully saturated rings. The minimum Gasteiger partial charge on any atom is -0.495 e. The van der Waals surface area contributed by atoms with Gasteiger partial charge in [0, 0.05) is 17.6 Å². The minimum absolute atomic E-state index is 0.274. The maximum atomic E-state index is 13.5. The molecule has 5 heteroatoms. The molecule has 0 saturated heterocycles. The molecule has 20 heavy (non-hydrogen) atoms. The van der Waals surface area contributed by atoms with E-state index in [4.69, 9.17) is 16.3 Å². The third-order valence-electron chi connectivity index (χ3n) is 2.95. The van der Waals surface area contributed by atoms with Crippen LogP contribution in [-0.2, 0) is 6.54 Å². The summed E-state index contributed by atoms with van der Waals surface area (Å²) in [6.07, 6.45) is 0. The van der Waals surface area contributed by atoms with Gasteiger partial charge in [-0.2, -0.15) is 0 Å². The molecule has 0 amide bonds. The van der Waals surface area contributed by atoms with E-state index in [0.717, 1.165) is 16.8 Å². The first-order valence-electron chi connectivity index (χ1n) is 6.03. The molecule has 0 aliphatic rings. The zero-order chi connectivity index (χ0) is 14.7. The molecule has 2 nitrogen and oxygen atoms in total. The number of aryl methyl sites for hydroxylation is 1. The quantitative estimate of drug-likeness (QED) is 0.814. The van der Waals surface area contributed by atoms with Crippen LogP contribution in [-0.4, -0.2) is 7.11 Å². The van der Waals surface area contributed by atoms with Crippen molar-refractivity contribution in [1.82, 2.24) is 0 Å². The van der Waals surface area contributed by atoms with Gasteiger partial charge in [0.05, 0.1) is 17.3 Å². The molecule has 0 radical (unpaired) electrons. The van der Waals surface area contributed by atoms with Crippen molar-refractivity contribution in [2.45, 2.75) is 13.5 Å². The third-order valence-corrected chi connectivity index (χ3v) is 4.00. The van der Waals surface area contributed by atoms with Crippen LogP contribution in [0.5, 0.6) is 5.75 Å². The van der Waals surface area contributed by atoms with E-state index in [1.807, 2.05) is 19.1 Å². The molecular weight excluding hydrogens is 345 g/mol. The van der Waals surface area contributed by atoms with Crippen molar-refractivity contribution < 1.29 is 9.13 Å². The predicted molar refractivity (Wildman–Crippen MR) is 84.2 cm³/mol. The molecule has 106 valence electrons. The normalized spacial score (nSPS) is 10.4. The lowest BCUT2D eigenvalue weighted by atomic mass is 10.2. The standard InChI is InChI=1S/C15H14BrClFNO/c1-9-5-14(15(20-2)7-12(9)17)19-8-10-3-4-11(16)13(18)6-10/h3-7,19H,8H2,1-2H3. The maximum absolute atomic E-state index is 13.5. The number of methoxy groups -OCH3 is 1. The number of benzene rings is 2. The fourth-order valence-electron chi connectivity index (χ4n) is 1.82. The summed E-state index contributed by atoms with van der Waals surface area (Å²) in [4.78, 5) is 0. The molecule has 0 bridgehead atoms. The van der Waals surface area contributed by atoms with Gasteiger partial charge in [0.1, 0.15) is 11.6 Å². The second-order valence-corrected chi connectivity index (χ2v) is 5.67. The Morgan fingerprint density at radius 2 is 2.05 bits per heavy atom. The van der Waals surface area contributed by atoms with Crippen molar-refractivity contribution in [3.63, 3.8) is 0 Å². The van der Waals surface area contributed by atoms with Gasteiger partial charge in [-0.3, -0.25) is 0 Å². The van der Waals surface area contributed by atoms with Gasteiger partial charge >= 0.3 is 0 Å². The molecule has 2 rings (SSSR count). The van der Waals surface area contributed by atoms with Gasteiger partial charge in [-0.15, -0.1) is 0 Å². The van der Waals surface area contributed by atoms with Crippen LogP contribution in [0.15, 0.2) is 34.8 Å². The zero-order valence-corrected chi connectivity index (χ0v) is 13.5. The average molecular weight is 359 g/mol. The summed E-state index contributed by atoms with van der Waals surface area (Å²) in [7, 11) is 1.59. The van der Waals surface area contributed by atoms with E-state index in [9.17, 15) is 4.39 Å². The van der Waals surface area contributed by atoms with Crippen molar-refractivity contribution in [2.24, 2.45) is 0 Å². The molecule has 0 heterocycles. The SMILES string of the molecule is COc1cc(Cl)c(C)cc1NCc1ccc(Br)c(F)c1. The van der Waals surface area contributed by atoms with Crippen LogP contribution in [0.1, 0.15) is 11.1 Å². The fourth-order valence-corrected chi connectivity index (χ4v) is 2.22.